The van der Waals surface area contributed by atoms with Crippen LogP contribution in [0.1, 0.15) is 11.1 Å². The molecule has 0 saturated heterocycles. The number of nitro groups is 1. The van der Waals surface area contributed by atoms with Crippen molar-refractivity contribution in [3.05, 3.63) is 69.0 Å². The molecule has 0 unspecified atom stereocenters. The second kappa shape index (κ2) is 10.4. The first-order valence-electron chi connectivity index (χ1n) is 9.72. The highest BCUT2D eigenvalue weighted by Gasteiger charge is 2.33. The summed E-state index contributed by atoms with van der Waals surface area (Å²) < 4.78 is 49.9. The molecule has 0 fully saturated rings. The summed E-state index contributed by atoms with van der Waals surface area (Å²) in [6.45, 7) is 0.270. The van der Waals surface area contributed by atoms with Gasteiger partial charge in [-0.2, -0.15) is 13.2 Å². The molecular formula is C21H19ClF3N5O4. The number of nitrogens with zero attached hydrogens (tertiary/aromatic N) is 3. The van der Waals surface area contributed by atoms with Crippen LogP contribution in [0.4, 0.5) is 36.2 Å². The number of anilines is 3. The molecular weight excluding hydrogens is 479 g/mol. The monoisotopic (exact) mass is 497 g/mol. The van der Waals surface area contributed by atoms with Crippen molar-refractivity contribution in [3.63, 3.8) is 0 Å². The lowest BCUT2D eigenvalue weighted by Gasteiger charge is -2.13. The van der Waals surface area contributed by atoms with Gasteiger partial charge in [0.15, 0.2) is 11.5 Å². The van der Waals surface area contributed by atoms with Crippen LogP contribution in [0, 0.1) is 10.1 Å². The van der Waals surface area contributed by atoms with Crippen LogP contribution in [0.25, 0.3) is 0 Å². The number of methoxy groups -OCH3 is 2. The quantitative estimate of drug-likeness (QED) is 0.295. The molecule has 34 heavy (non-hydrogen) atoms. The van der Waals surface area contributed by atoms with Crippen LogP contribution in [0.2, 0.25) is 5.02 Å². The van der Waals surface area contributed by atoms with Crippen molar-refractivity contribution in [1.29, 1.82) is 0 Å². The molecule has 1 aromatic heterocycles. The van der Waals surface area contributed by atoms with Gasteiger partial charge in [-0.25, -0.2) is 9.97 Å². The molecule has 0 aliphatic heterocycles. The second-order valence-electron chi connectivity index (χ2n) is 6.86. The molecule has 1 heterocycles. The predicted octanol–water partition coefficient (Wildman–Crippen LogP) is 5.47. The Bertz CT molecular complexity index is 1190. The van der Waals surface area contributed by atoms with E-state index in [1.54, 1.807) is 12.1 Å². The molecule has 0 aliphatic rings. The third-order valence-electron chi connectivity index (χ3n) is 4.69. The van der Waals surface area contributed by atoms with Crippen LogP contribution in [0.3, 0.4) is 0 Å². The third-order valence-corrected chi connectivity index (χ3v) is 5.02. The standard InChI is InChI=1S/C21H19ClF3N5O4/c1-33-16-6-3-12(9-17(16)34-2)7-8-26-19-18(30(31)32)20(28-11-27-19)29-13-4-5-15(22)14(10-13)21(23,24)25/h3-6,9-11H,7-8H2,1-2H3,(H2,26,27,28,29). The fraction of sp³-hybridized carbons (Fsp3) is 0.238. The summed E-state index contributed by atoms with van der Waals surface area (Å²) >= 11 is 5.63. The zero-order valence-electron chi connectivity index (χ0n) is 17.9. The topological polar surface area (TPSA) is 111 Å². The van der Waals surface area contributed by atoms with Crippen molar-refractivity contribution < 1.29 is 27.6 Å². The van der Waals surface area contributed by atoms with E-state index >= 15 is 0 Å². The number of hydrogen-bond donors (Lipinski definition) is 2. The first-order valence-corrected chi connectivity index (χ1v) is 10.1. The van der Waals surface area contributed by atoms with Gasteiger partial charge in [0, 0.05) is 12.2 Å². The lowest BCUT2D eigenvalue weighted by Crippen LogP contribution is -2.11. The van der Waals surface area contributed by atoms with E-state index in [1.807, 2.05) is 6.07 Å². The van der Waals surface area contributed by atoms with Gasteiger partial charge in [-0.3, -0.25) is 10.1 Å². The zero-order valence-corrected chi connectivity index (χ0v) is 18.7. The molecule has 0 radical (unpaired) electrons. The van der Waals surface area contributed by atoms with E-state index in [1.165, 1.54) is 20.3 Å². The smallest absolute Gasteiger partial charge is 0.417 e. The summed E-state index contributed by atoms with van der Waals surface area (Å²) in [6, 6.07) is 8.39. The number of aromatic nitrogens is 2. The highest BCUT2D eigenvalue weighted by molar-refractivity contribution is 6.31. The van der Waals surface area contributed by atoms with Crippen molar-refractivity contribution in [3.8, 4) is 11.5 Å². The number of halogens is 4. The van der Waals surface area contributed by atoms with E-state index in [0.717, 1.165) is 24.0 Å². The van der Waals surface area contributed by atoms with E-state index in [4.69, 9.17) is 21.1 Å². The van der Waals surface area contributed by atoms with Gasteiger partial charge in [-0.05, 0) is 42.3 Å². The van der Waals surface area contributed by atoms with Crippen molar-refractivity contribution in [1.82, 2.24) is 9.97 Å². The van der Waals surface area contributed by atoms with Gasteiger partial charge < -0.3 is 20.1 Å². The Morgan fingerprint density at radius 1 is 1.06 bits per heavy atom. The molecule has 0 atom stereocenters. The lowest BCUT2D eigenvalue weighted by atomic mass is 10.1. The summed E-state index contributed by atoms with van der Waals surface area (Å²) in [5.74, 6) is 0.745. The van der Waals surface area contributed by atoms with Gasteiger partial charge in [0.25, 0.3) is 0 Å². The van der Waals surface area contributed by atoms with Crippen molar-refractivity contribution in [2.24, 2.45) is 0 Å². The van der Waals surface area contributed by atoms with Gasteiger partial charge in [-0.15, -0.1) is 0 Å². The van der Waals surface area contributed by atoms with Gasteiger partial charge >= 0.3 is 11.9 Å². The average molecular weight is 498 g/mol. The number of rotatable bonds is 9. The highest BCUT2D eigenvalue weighted by atomic mass is 35.5. The molecule has 0 aliphatic carbocycles. The predicted molar refractivity (Wildman–Crippen MR) is 120 cm³/mol. The molecule has 0 saturated carbocycles. The lowest BCUT2D eigenvalue weighted by molar-refractivity contribution is -0.383. The summed E-state index contributed by atoms with van der Waals surface area (Å²) in [5.41, 5.74) is -0.793. The Labute approximate surface area is 197 Å². The second-order valence-corrected chi connectivity index (χ2v) is 7.27. The third kappa shape index (κ3) is 5.76. The Balaban J connectivity index is 1.80. The van der Waals surface area contributed by atoms with Crippen molar-refractivity contribution >= 4 is 34.6 Å². The summed E-state index contributed by atoms with van der Waals surface area (Å²) in [4.78, 5) is 18.7. The van der Waals surface area contributed by atoms with E-state index in [-0.39, 0.29) is 23.9 Å². The van der Waals surface area contributed by atoms with Gasteiger partial charge in [0.1, 0.15) is 6.33 Å². The van der Waals surface area contributed by atoms with E-state index in [0.29, 0.717) is 17.9 Å². The Kier molecular flexibility index (Phi) is 7.61. The number of benzene rings is 2. The fourth-order valence-corrected chi connectivity index (χ4v) is 3.32. The van der Waals surface area contributed by atoms with Crippen molar-refractivity contribution in [2.45, 2.75) is 12.6 Å². The summed E-state index contributed by atoms with van der Waals surface area (Å²) in [5, 5.41) is 16.6. The average Bonchev–Trinajstić information content (AvgIpc) is 2.79. The molecule has 0 amide bonds. The maximum absolute atomic E-state index is 13.1. The fourth-order valence-electron chi connectivity index (χ4n) is 3.09. The Morgan fingerprint density at radius 2 is 1.76 bits per heavy atom. The van der Waals surface area contributed by atoms with Crippen LogP contribution in [-0.4, -0.2) is 35.7 Å². The highest BCUT2D eigenvalue weighted by Crippen LogP contribution is 2.38. The molecule has 3 rings (SSSR count). The summed E-state index contributed by atoms with van der Waals surface area (Å²) in [7, 11) is 3.03. The largest absolute Gasteiger partial charge is 0.493 e. The van der Waals surface area contributed by atoms with Crippen LogP contribution in [-0.2, 0) is 12.6 Å². The van der Waals surface area contributed by atoms with E-state index in [9.17, 15) is 23.3 Å². The first kappa shape index (κ1) is 24.8. The van der Waals surface area contributed by atoms with Crippen LogP contribution >= 0.6 is 11.6 Å². The first-order chi connectivity index (χ1) is 16.1. The maximum atomic E-state index is 13.1. The Hall–Kier alpha value is -3.80. The number of ether oxygens (including phenoxy) is 2. The molecule has 0 bridgehead atoms. The van der Waals surface area contributed by atoms with E-state index in [2.05, 4.69) is 20.6 Å². The SMILES string of the molecule is COc1ccc(CCNc2ncnc(Nc3ccc(Cl)c(C(F)(F)F)c3)c2[N+](=O)[O-])cc1OC. The molecule has 2 aromatic carbocycles. The number of hydrogen-bond acceptors (Lipinski definition) is 8. The number of nitrogens with one attached hydrogen (secondary N) is 2. The minimum Gasteiger partial charge on any atom is -0.493 e. The molecule has 3 aromatic rings. The normalized spacial score (nSPS) is 11.1. The van der Waals surface area contributed by atoms with Crippen molar-refractivity contribution in [2.75, 3.05) is 31.4 Å². The van der Waals surface area contributed by atoms with Gasteiger partial charge in [0.2, 0.25) is 11.6 Å². The molecule has 13 heteroatoms. The van der Waals surface area contributed by atoms with Gasteiger partial charge in [0.05, 0.1) is 29.7 Å². The maximum Gasteiger partial charge on any atom is 0.417 e. The molecule has 2 N–H and O–H groups in total. The summed E-state index contributed by atoms with van der Waals surface area (Å²) in [6.07, 6.45) is -3.16. The van der Waals surface area contributed by atoms with Gasteiger partial charge in [-0.1, -0.05) is 17.7 Å². The minimum absolute atomic E-state index is 0.0743. The van der Waals surface area contributed by atoms with Crippen LogP contribution in [0.15, 0.2) is 42.7 Å². The Morgan fingerprint density at radius 3 is 2.41 bits per heavy atom. The zero-order chi connectivity index (χ0) is 24.9. The number of alkyl halides is 3. The molecule has 180 valence electrons. The van der Waals surface area contributed by atoms with Crippen LogP contribution < -0.4 is 20.1 Å². The van der Waals surface area contributed by atoms with E-state index < -0.39 is 27.4 Å². The van der Waals surface area contributed by atoms with Crippen LogP contribution in [0.5, 0.6) is 11.5 Å². The minimum atomic E-state index is -4.69. The molecule has 0 spiro atoms. The molecule has 9 nitrogen and oxygen atoms in total.